The third-order valence-corrected chi connectivity index (χ3v) is 2.88. The second-order valence-corrected chi connectivity index (χ2v) is 6.30. The number of amides is 1. The zero-order valence-corrected chi connectivity index (χ0v) is 13.7. The van der Waals surface area contributed by atoms with E-state index in [1.54, 1.807) is 20.8 Å². The van der Waals surface area contributed by atoms with Gasteiger partial charge in [-0.3, -0.25) is 0 Å². The molecule has 0 spiro atoms. The highest BCUT2D eigenvalue weighted by atomic mass is 16.6. The van der Waals surface area contributed by atoms with Crippen LogP contribution in [0.2, 0.25) is 0 Å². The number of hydrogen-bond donors (Lipinski definition) is 2. The highest BCUT2D eigenvalue weighted by Gasteiger charge is 2.24. The van der Waals surface area contributed by atoms with Gasteiger partial charge in [-0.2, -0.15) is 0 Å². The average molecular weight is 308 g/mol. The van der Waals surface area contributed by atoms with E-state index < -0.39 is 23.7 Å². The summed E-state index contributed by atoms with van der Waals surface area (Å²) in [7, 11) is 3.86. The molecule has 0 saturated heterocycles. The average Bonchev–Trinajstić information content (AvgIpc) is 2.36. The van der Waals surface area contributed by atoms with Crippen molar-refractivity contribution in [1.82, 2.24) is 5.32 Å². The fourth-order valence-corrected chi connectivity index (χ4v) is 1.82. The predicted octanol–water partition coefficient (Wildman–Crippen LogP) is 2.27. The monoisotopic (exact) mass is 308 g/mol. The van der Waals surface area contributed by atoms with Crippen LogP contribution in [0.3, 0.4) is 0 Å². The molecule has 1 amide bonds. The quantitative estimate of drug-likeness (QED) is 0.872. The van der Waals surface area contributed by atoms with Crippen LogP contribution in [0.15, 0.2) is 24.3 Å². The molecule has 0 unspecified atom stereocenters. The molecule has 0 aliphatic carbocycles. The molecule has 0 heterocycles. The first-order valence-electron chi connectivity index (χ1n) is 7.07. The fourth-order valence-electron chi connectivity index (χ4n) is 1.82. The molecule has 122 valence electrons. The SMILES string of the molecule is CN(C)c1ccc(C[C@H](NC(=O)OC(C)(C)C)C(=O)O)cc1. The number of alkyl carbamates (subject to hydrolysis) is 1. The normalized spacial score (nSPS) is 12.4. The number of ether oxygens (including phenoxy) is 1. The van der Waals surface area contributed by atoms with Crippen LogP contribution in [0.1, 0.15) is 26.3 Å². The summed E-state index contributed by atoms with van der Waals surface area (Å²) in [6.07, 6.45) is -0.535. The molecule has 0 fully saturated rings. The fraction of sp³-hybridized carbons (Fsp3) is 0.500. The number of rotatable bonds is 5. The number of carboxylic acid groups (broad SMARTS) is 1. The maximum absolute atomic E-state index is 11.7. The molecule has 0 radical (unpaired) electrons. The van der Waals surface area contributed by atoms with Crippen molar-refractivity contribution in [2.24, 2.45) is 0 Å². The van der Waals surface area contributed by atoms with Crippen LogP contribution >= 0.6 is 0 Å². The summed E-state index contributed by atoms with van der Waals surface area (Å²) in [5.74, 6) is -1.09. The Morgan fingerprint density at radius 2 is 1.77 bits per heavy atom. The predicted molar refractivity (Wildman–Crippen MR) is 85.3 cm³/mol. The van der Waals surface area contributed by atoms with Gasteiger partial charge in [0.15, 0.2) is 0 Å². The van der Waals surface area contributed by atoms with E-state index in [1.165, 1.54) is 0 Å². The number of anilines is 1. The molecule has 0 aromatic heterocycles. The summed E-state index contributed by atoms with van der Waals surface area (Å²) in [4.78, 5) is 25.0. The number of aliphatic carboxylic acids is 1. The summed E-state index contributed by atoms with van der Waals surface area (Å²) in [5.41, 5.74) is 1.19. The molecule has 22 heavy (non-hydrogen) atoms. The minimum Gasteiger partial charge on any atom is -0.480 e. The van der Waals surface area contributed by atoms with Crippen LogP contribution in [-0.2, 0) is 16.0 Å². The van der Waals surface area contributed by atoms with Gasteiger partial charge < -0.3 is 20.1 Å². The van der Waals surface area contributed by atoms with Crippen molar-refractivity contribution < 1.29 is 19.4 Å². The van der Waals surface area contributed by atoms with Gasteiger partial charge in [0.05, 0.1) is 0 Å². The molecule has 0 aliphatic rings. The molecule has 6 nitrogen and oxygen atoms in total. The number of benzene rings is 1. The van der Waals surface area contributed by atoms with Gasteiger partial charge in [0.1, 0.15) is 11.6 Å². The molecular formula is C16H24N2O4. The molecule has 1 atom stereocenters. The number of nitrogens with zero attached hydrogens (tertiary/aromatic N) is 1. The van der Waals surface area contributed by atoms with E-state index in [0.29, 0.717) is 0 Å². The van der Waals surface area contributed by atoms with E-state index in [-0.39, 0.29) is 6.42 Å². The lowest BCUT2D eigenvalue weighted by molar-refractivity contribution is -0.139. The van der Waals surface area contributed by atoms with Gasteiger partial charge >= 0.3 is 12.1 Å². The summed E-state index contributed by atoms with van der Waals surface area (Å²) in [6.45, 7) is 5.17. The van der Waals surface area contributed by atoms with E-state index in [2.05, 4.69) is 5.32 Å². The molecule has 1 rings (SSSR count). The van der Waals surface area contributed by atoms with E-state index in [4.69, 9.17) is 4.74 Å². The number of carbonyl (C=O) groups is 2. The van der Waals surface area contributed by atoms with Crippen LogP contribution < -0.4 is 10.2 Å². The Bertz CT molecular complexity index is 518. The van der Waals surface area contributed by atoms with Crippen LogP contribution in [-0.4, -0.2) is 42.9 Å². The van der Waals surface area contributed by atoms with Crippen molar-refractivity contribution in [1.29, 1.82) is 0 Å². The van der Waals surface area contributed by atoms with Crippen molar-refractivity contribution >= 4 is 17.7 Å². The van der Waals surface area contributed by atoms with E-state index in [1.807, 2.05) is 43.3 Å². The van der Waals surface area contributed by atoms with Gasteiger partial charge in [-0.05, 0) is 38.5 Å². The molecule has 0 bridgehead atoms. The smallest absolute Gasteiger partial charge is 0.408 e. The lowest BCUT2D eigenvalue weighted by Gasteiger charge is -2.22. The Balaban J connectivity index is 2.72. The zero-order valence-electron chi connectivity index (χ0n) is 13.7. The van der Waals surface area contributed by atoms with Gasteiger partial charge in [-0.15, -0.1) is 0 Å². The molecule has 1 aromatic rings. The summed E-state index contributed by atoms with van der Waals surface area (Å²) >= 11 is 0. The van der Waals surface area contributed by atoms with Crippen molar-refractivity contribution in [3.63, 3.8) is 0 Å². The summed E-state index contributed by atoms with van der Waals surface area (Å²) < 4.78 is 5.09. The Morgan fingerprint density at radius 3 is 2.18 bits per heavy atom. The van der Waals surface area contributed by atoms with Crippen molar-refractivity contribution in [3.05, 3.63) is 29.8 Å². The Labute approximate surface area is 131 Å². The largest absolute Gasteiger partial charge is 0.480 e. The summed E-state index contributed by atoms with van der Waals surface area (Å²) in [5, 5.41) is 11.6. The standard InChI is InChI=1S/C16H24N2O4/c1-16(2,3)22-15(21)17-13(14(19)20)10-11-6-8-12(9-7-11)18(4)5/h6-9,13H,10H2,1-5H3,(H,17,21)(H,19,20)/t13-/m0/s1. The number of nitrogens with one attached hydrogen (secondary N) is 1. The van der Waals surface area contributed by atoms with Crippen molar-refractivity contribution in [2.75, 3.05) is 19.0 Å². The molecule has 0 aliphatic heterocycles. The van der Waals surface area contributed by atoms with Crippen LogP contribution in [0.5, 0.6) is 0 Å². The van der Waals surface area contributed by atoms with Crippen LogP contribution in [0.4, 0.5) is 10.5 Å². The summed E-state index contributed by atoms with van der Waals surface area (Å²) in [6, 6.07) is 6.48. The minimum absolute atomic E-state index is 0.197. The van der Waals surface area contributed by atoms with Gasteiger partial charge in [0.2, 0.25) is 0 Å². The maximum Gasteiger partial charge on any atom is 0.408 e. The first kappa shape index (κ1) is 17.8. The van der Waals surface area contributed by atoms with Gasteiger partial charge in [-0.1, -0.05) is 12.1 Å². The maximum atomic E-state index is 11.7. The van der Waals surface area contributed by atoms with Gasteiger partial charge in [-0.25, -0.2) is 9.59 Å². The topological polar surface area (TPSA) is 78.9 Å². The highest BCUT2D eigenvalue weighted by molar-refractivity contribution is 5.80. The lowest BCUT2D eigenvalue weighted by atomic mass is 10.1. The van der Waals surface area contributed by atoms with E-state index >= 15 is 0 Å². The molecule has 2 N–H and O–H groups in total. The Kier molecular flexibility index (Phi) is 5.79. The third kappa shape index (κ3) is 6.03. The van der Waals surface area contributed by atoms with Crippen molar-refractivity contribution in [3.8, 4) is 0 Å². The highest BCUT2D eigenvalue weighted by Crippen LogP contribution is 2.14. The number of hydrogen-bond acceptors (Lipinski definition) is 4. The second-order valence-electron chi connectivity index (χ2n) is 6.30. The third-order valence-electron chi connectivity index (χ3n) is 2.88. The van der Waals surface area contributed by atoms with Crippen molar-refractivity contribution in [2.45, 2.75) is 38.8 Å². The van der Waals surface area contributed by atoms with Gasteiger partial charge in [0.25, 0.3) is 0 Å². The molecule has 6 heteroatoms. The van der Waals surface area contributed by atoms with Gasteiger partial charge in [0, 0.05) is 26.2 Å². The Morgan fingerprint density at radius 1 is 1.23 bits per heavy atom. The Hall–Kier alpha value is -2.24. The van der Waals surface area contributed by atoms with E-state index in [0.717, 1.165) is 11.3 Å². The van der Waals surface area contributed by atoms with Crippen LogP contribution in [0.25, 0.3) is 0 Å². The second kappa shape index (κ2) is 7.15. The first-order valence-corrected chi connectivity index (χ1v) is 7.07. The number of carboxylic acids is 1. The molecule has 1 aromatic carbocycles. The lowest BCUT2D eigenvalue weighted by Crippen LogP contribution is -2.44. The number of carbonyl (C=O) groups excluding carboxylic acids is 1. The van der Waals surface area contributed by atoms with E-state index in [9.17, 15) is 14.7 Å². The molecule has 0 saturated carbocycles. The minimum atomic E-state index is -1.09. The first-order chi connectivity index (χ1) is 10.1. The van der Waals surface area contributed by atoms with Crippen LogP contribution in [0, 0.1) is 0 Å². The zero-order chi connectivity index (χ0) is 16.9. The molecular weight excluding hydrogens is 284 g/mol.